The van der Waals surface area contributed by atoms with Crippen LogP contribution in [-0.2, 0) is 0 Å². The van der Waals surface area contributed by atoms with Gasteiger partial charge in [0.15, 0.2) is 0 Å². The number of likely N-dealkylation sites (tertiary alicyclic amines) is 1. The second-order valence-corrected chi connectivity index (χ2v) is 4.12. The zero-order chi connectivity index (χ0) is 10.2. The van der Waals surface area contributed by atoms with E-state index in [0.717, 1.165) is 25.6 Å². The molecule has 1 N–H and O–H groups in total. The predicted octanol–water partition coefficient (Wildman–Crippen LogP) is 1.47. The van der Waals surface area contributed by atoms with Crippen LogP contribution < -0.4 is 5.32 Å². The Balaban J connectivity index is 2.02. The van der Waals surface area contributed by atoms with Gasteiger partial charge in [0.05, 0.1) is 0 Å². The molecule has 2 heteroatoms. The van der Waals surface area contributed by atoms with E-state index in [0.29, 0.717) is 0 Å². The van der Waals surface area contributed by atoms with E-state index in [4.69, 9.17) is 6.42 Å². The smallest absolute Gasteiger partial charge is 0.0211 e. The van der Waals surface area contributed by atoms with Crippen molar-refractivity contribution in [1.82, 2.24) is 10.2 Å². The zero-order valence-corrected chi connectivity index (χ0v) is 9.26. The fraction of sp³-hybridized carbons (Fsp3) is 0.833. The molecule has 1 aliphatic rings. The fourth-order valence-corrected chi connectivity index (χ4v) is 2.06. The normalized spacial score (nSPS) is 23.3. The lowest BCUT2D eigenvalue weighted by atomic mass is 10.0. The number of piperidine rings is 1. The molecule has 1 saturated heterocycles. The Kier molecular flexibility index (Phi) is 5.66. The van der Waals surface area contributed by atoms with E-state index in [1.807, 2.05) is 0 Å². The quantitative estimate of drug-likeness (QED) is 0.527. The summed E-state index contributed by atoms with van der Waals surface area (Å²) in [4.78, 5) is 2.49. The van der Waals surface area contributed by atoms with Crippen molar-refractivity contribution in [1.29, 1.82) is 0 Å². The summed E-state index contributed by atoms with van der Waals surface area (Å²) in [6, 6.07) is 0.794. The summed E-state index contributed by atoms with van der Waals surface area (Å²) in [5.41, 5.74) is 0. The Hall–Kier alpha value is -0.520. The van der Waals surface area contributed by atoms with Gasteiger partial charge in [0, 0.05) is 19.0 Å². The zero-order valence-electron chi connectivity index (χ0n) is 9.26. The van der Waals surface area contributed by atoms with Gasteiger partial charge in [-0.25, -0.2) is 0 Å². The Morgan fingerprint density at radius 3 is 3.00 bits per heavy atom. The Labute approximate surface area is 88.1 Å². The molecule has 0 aromatic carbocycles. The highest BCUT2D eigenvalue weighted by Crippen LogP contribution is 2.16. The van der Waals surface area contributed by atoms with Gasteiger partial charge in [-0.3, -0.25) is 0 Å². The first kappa shape index (κ1) is 11.6. The number of nitrogens with zero attached hydrogens (tertiary/aromatic N) is 1. The van der Waals surface area contributed by atoms with Gasteiger partial charge in [-0.15, -0.1) is 12.3 Å². The van der Waals surface area contributed by atoms with Crippen LogP contribution in [0, 0.1) is 12.3 Å². The lowest BCUT2D eigenvalue weighted by molar-refractivity contribution is 0.176. The third-order valence-electron chi connectivity index (χ3n) is 3.02. The lowest BCUT2D eigenvalue weighted by Crippen LogP contribution is -2.38. The lowest BCUT2D eigenvalue weighted by Gasteiger charge is -2.32. The highest BCUT2D eigenvalue weighted by Gasteiger charge is 2.17. The fourth-order valence-electron chi connectivity index (χ4n) is 2.06. The summed E-state index contributed by atoms with van der Waals surface area (Å²) < 4.78 is 0. The van der Waals surface area contributed by atoms with Crippen molar-refractivity contribution in [3.8, 4) is 12.3 Å². The third kappa shape index (κ3) is 4.13. The van der Waals surface area contributed by atoms with Gasteiger partial charge in [-0.05, 0) is 39.4 Å². The SMILES string of the molecule is C#CCCNCCC1CCCCN1C. The molecule has 0 bridgehead atoms. The minimum atomic E-state index is 0.794. The molecule has 1 unspecified atom stereocenters. The average Bonchev–Trinajstić information content (AvgIpc) is 2.20. The third-order valence-corrected chi connectivity index (χ3v) is 3.02. The monoisotopic (exact) mass is 194 g/mol. The van der Waals surface area contributed by atoms with E-state index in [1.54, 1.807) is 0 Å². The van der Waals surface area contributed by atoms with Crippen molar-refractivity contribution in [2.24, 2.45) is 0 Å². The summed E-state index contributed by atoms with van der Waals surface area (Å²) >= 11 is 0. The summed E-state index contributed by atoms with van der Waals surface area (Å²) in [6.45, 7) is 3.35. The molecule has 1 rings (SSSR count). The highest BCUT2D eigenvalue weighted by molar-refractivity contribution is 4.84. The molecule has 1 heterocycles. The van der Waals surface area contributed by atoms with E-state index in [9.17, 15) is 0 Å². The molecule has 0 aromatic heterocycles. The van der Waals surface area contributed by atoms with E-state index in [1.165, 1.54) is 32.2 Å². The minimum absolute atomic E-state index is 0.794. The Morgan fingerprint density at radius 2 is 2.29 bits per heavy atom. The van der Waals surface area contributed by atoms with Crippen molar-refractivity contribution < 1.29 is 0 Å². The number of hydrogen-bond acceptors (Lipinski definition) is 2. The highest BCUT2D eigenvalue weighted by atomic mass is 15.1. The molecule has 14 heavy (non-hydrogen) atoms. The van der Waals surface area contributed by atoms with E-state index in [2.05, 4.69) is 23.2 Å². The van der Waals surface area contributed by atoms with Crippen LogP contribution >= 0.6 is 0 Å². The summed E-state index contributed by atoms with van der Waals surface area (Å²) in [7, 11) is 2.24. The molecule has 0 aliphatic carbocycles. The Morgan fingerprint density at radius 1 is 1.43 bits per heavy atom. The topological polar surface area (TPSA) is 15.3 Å². The maximum atomic E-state index is 5.18. The van der Waals surface area contributed by atoms with Gasteiger partial charge in [-0.1, -0.05) is 6.42 Å². The van der Waals surface area contributed by atoms with Crippen molar-refractivity contribution >= 4 is 0 Å². The van der Waals surface area contributed by atoms with Gasteiger partial charge in [0.2, 0.25) is 0 Å². The predicted molar refractivity (Wildman–Crippen MR) is 61.2 cm³/mol. The first-order chi connectivity index (χ1) is 6.84. The number of nitrogens with one attached hydrogen (secondary N) is 1. The molecule has 1 atom stereocenters. The standard InChI is InChI=1S/C12H22N2/c1-3-4-9-13-10-8-12-7-5-6-11-14(12)2/h1,12-13H,4-11H2,2H3. The van der Waals surface area contributed by atoms with Crippen LogP contribution in [0.15, 0.2) is 0 Å². The molecular weight excluding hydrogens is 172 g/mol. The molecule has 0 aromatic rings. The van der Waals surface area contributed by atoms with Crippen LogP contribution in [0.5, 0.6) is 0 Å². The van der Waals surface area contributed by atoms with Gasteiger partial charge < -0.3 is 10.2 Å². The van der Waals surface area contributed by atoms with Crippen molar-refractivity contribution in [3.63, 3.8) is 0 Å². The van der Waals surface area contributed by atoms with Gasteiger partial charge in [0.25, 0.3) is 0 Å². The van der Waals surface area contributed by atoms with Crippen LogP contribution in [0.4, 0.5) is 0 Å². The second-order valence-electron chi connectivity index (χ2n) is 4.12. The number of terminal acetylenes is 1. The first-order valence-corrected chi connectivity index (χ1v) is 5.69. The summed E-state index contributed by atoms with van der Waals surface area (Å²) in [5, 5.41) is 3.38. The summed E-state index contributed by atoms with van der Waals surface area (Å²) in [6.07, 6.45) is 11.4. The van der Waals surface area contributed by atoms with Crippen LogP contribution in [0.25, 0.3) is 0 Å². The van der Waals surface area contributed by atoms with Gasteiger partial charge in [0.1, 0.15) is 0 Å². The molecule has 1 fully saturated rings. The molecule has 2 nitrogen and oxygen atoms in total. The second kappa shape index (κ2) is 6.86. The molecular formula is C12H22N2. The van der Waals surface area contributed by atoms with Gasteiger partial charge in [-0.2, -0.15) is 0 Å². The van der Waals surface area contributed by atoms with Crippen molar-refractivity contribution in [3.05, 3.63) is 0 Å². The van der Waals surface area contributed by atoms with Crippen molar-refractivity contribution in [2.45, 2.75) is 38.1 Å². The maximum Gasteiger partial charge on any atom is 0.0211 e. The summed E-state index contributed by atoms with van der Waals surface area (Å²) in [5.74, 6) is 2.64. The van der Waals surface area contributed by atoms with E-state index < -0.39 is 0 Å². The van der Waals surface area contributed by atoms with Gasteiger partial charge >= 0.3 is 0 Å². The van der Waals surface area contributed by atoms with E-state index >= 15 is 0 Å². The molecule has 0 saturated carbocycles. The molecule has 0 amide bonds. The van der Waals surface area contributed by atoms with Crippen molar-refractivity contribution in [2.75, 3.05) is 26.7 Å². The Bertz CT molecular complexity index is 183. The molecule has 80 valence electrons. The maximum absolute atomic E-state index is 5.18. The minimum Gasteiger partial charge on any atom is -0.316 e. The van der Waals surface area contributed by atoms with Crippen LogP contribution in [0.3, 0.4) is 0 Å². The molecule has 1 aliphatic heterocycles. The number of rotatable bonds is 5. The average molecular weight is 194 g/mol. The molecule has 0 radical (unpaired) electrons. The number of hydrogen-bond donors (Lipinski definition) is 1. The van der Waals surface area contributed by atoms with Crippen LogP contribution in [-0.4, -0.2) is 37.6 Å². The largest absolute Gasteiger partial charge is 0.316 e. The molecule has 0 spiro atoms. The van der Waals surface area contributed by atoms with Crippen LogP contribution in [0.1, 0.15) is 32.1 Å². The first-order valence-electron chi connectivity index (χ1n) is 5.69. The van der Waals surface area contributed by atoms with E-state index in [-0.39, 0.29) is 0 Å². The van der Waals surface area contributed by atoms with Crippen LogP contribution in [0.2, 0.25) is 0 Å².